The molecule has 0 saturated carbocycles. The highest BCUT2D eigenvalue weighted by molar-refractivity contribution is 5.63. The molecule has 0 bridgehead atoms. The zero-order valence-electron chi connectivity index (χ0n) is 19.6. The number of anilines is 1. The van der Waals surface area contributed by atoms with Crippen LogP contribution in [0.25, 0.3) is 22.9 Å². The largest absolute Gasteiger partial charge is 0.490 e. The number of nitrogens with zero attached hydrogens (tertiary/aromatic N) is 4. The van der Waals surface area contributed by atoms with Crippen LogP contribution in [-0.4, -0.2) is 52.6 Å². The lowest BCUT2D eigenvalue weighted by Gasteiger charge is -2.21. The van der Waals surface area contributed by atoms with Crippen LogP contribution >= 0.6 is 0 Å². The molecule has 8 nitrogen and oxygen atoms in total. The van der Waals surface area contributed by atoms with Gasteiger partial charge >= 0.3 is 0 Å². The van der Waals surface area contributed by atoms with Crippen molar-refractivity contribution in [2.75, 3.05) is 31.1 Å². The van der Waals surface area contributed by atoms with Crippen LogP contribution in [0.4, 0.5) is 5.82 Å². The molecule has 2 aromatic heterocycles. The zero-order valence-corrected chi connectivity index (χ0v) is 19.6. The average Bonchev–Trinajstić information content (AvgIpc) is 3.29. The molecule has 0 aliphatic carbocycles. The van der Waals surface area contributed by atoms with Crippen LogP contribution in [0.15, 0.2) is 28.8 Å². The summed E-state index contributed by atoms with van der Waals surface area (Å²) in [6, 6.07) is 5.97. The molecule has 172 valence electrons. The van der Waals surface area contributed by atoms with Crippen LogP contribution in [-0.2, 0) is 6.42 Å². The lowest BCUT2D eigenvalue weighted by molar-refractivity contribution is 0.113. The van der Waals surface area contributed by atoms with Crippen LogP contribution in [0, 0.1) is 13.8 Å². The Morgan fingerprint density at radius 1 is 1.03 bits per heavy atom. The first kappa shape index (κ1) is 23.7. The minimum Gasteiger partial charge on any atom is -0.490 e. The monoisotopic (exact) mass is 439 g/mol. The summed E-state index contributed by atoms with van der Waals surface area (Å²) in [5.41, 5.74) is 10.1. The van der Waals surface area contributed by atoms with Crippen LogP contribution in [0.1, 0.15) is 37.5 Å². The van der Waals surface area contributed by atoms with E-state index in [1.54, 1.807) is 6.20 Å². The Labute approximate surface area is 189 Å². The highest BCUT2D eigenvalue weighted by atomic mass is 16.5. The molecule has 3 aromatic rings. The molecule has 0 aliphatic rings. The highest BCUT2D eigenvalue weighted by Crippen LogP contribution is 2.32. The molecular formula is C24H33N5O3. The second-order valence-corrected chi connectivity index (χ2v) is 7.78. The SMILES string of the molecule is CCc1cc(-c2nnc(-c3cnc(N(CC)CC)c(C)c3)o2)cc(C)c1OCC(O)CN. The lowest BCUT2D eigenvalue weighted by Crippen LogP contribution is -2.27. The van der Waals surface area contributed by atoms with E-state index in [2.05, 4.69) is 40.9 Å². The van der Waals surface area contributed by atoms with Crippen LogP contribution in [0.2, 0.25) is 0 Å². The van der Waals surface area contributed by atoms with Gasteiger partial charge in [-0.2, -0.15) is 0 Å². The van der Waals surface area contributed by atoms with Crippen molar-refractivity contribution >= 4 is 5.82 Å². The van der Waals surface area contributed by atoms with Gasteiger partial charge in [0, 0.05) is 31.4 Å². The number of benzene rings is 1. The lowest BCUT2D eigenvalue weighted by atomic mass is 10.0. The van der Waals surface area contributed by atoms with E-state index in [0.717, 1.165) is 58.9 Å². The molecule has 3 N–H and O–H groups in total. The highest BCUT2D eigenvalue weighted by Gasteiger charge is 2.17. The smallest absolute Gasteiger partial charge is 0.249 e. The van der Waals surface area contributed by atoms with Gasteiger partial charge in [0.05, 0.1) is 5.56 Å². The van der Waals surface area contributed by atoms with Crippen molar-refractivity contribution in [2.24, 2.45) is 5.73 Å². The molecule has 8 heteroatoms. The van der Waals surface area contributed by atoms with Crippen molar-refractivity contribution in [1.82, 2.24) is 15.2 Å². The predicted octanol–water partition coefficient (Wildman–Crippen LogP) is 3.52. The van der Waals surface area contributed by atoms with Crippen molar-refractivity contribution in [1.29, 1.82) is 0 Å². The number of aliphatic hydroxyl groups is 1. The van der Waals surface area contributed by atoms with E-state index in [9.17, 15) is 5.11 Å². The Morgan fingerprint density at radius 3 is 2.28 bits per heavy atom. The number of hydrogen-bond donors (Lipinski definition) is 2. The Morgan fingerprint density at radius 2 is 1.69 bits per heavy atom. The molecule has 0 amide bonds. The normalized spacial score (nSPS) is 12.1. The van der Waals surface area contributed by atoms with Gasteiger partial charge in [-0.05, 0) is 69.0 Å². The quantitative estimate of drug-likeness (QED) is 0.494. The molecule has 0 radical (unpaired) electrons. The first-order chi connectivity index (χ1) is 15.4. The van der Waals surface area contributed by atoms with E-state index in [1.165, 1.54) is 0 Å². The molecule has 1 atom stereocenters. The van der Waals surface area contributed by atoms with Gasteiger partial charge < -0.3 is 24.9 Å². The number of nitrogens with two attached hydrogens (primary N) is 1. The predicted molar refractivity (Wildman–Crippen MR) is 126 cm³/mol. The Hall–Kier alpha value is -2.97. The van der Waals surface area contributed by atoms with E-state index >= 15 is 0 Å². The molecule has 0 aliphatic heterocycles. The third-order valence-corrected chi connectivity index (χ3v) is 5.46. The third-order valence-electron chi connectivity index (χ3n) is 5.46. The van der Waals surface area contributed by atoms with Crippen molar-refractivity contribution in [2.45, 2.75) is 47.1 Å². The Bertz CT molecular complexity index is 1050. The van der Waals surface area contributed by atoms with Gasteiger partial charge in [0.2, 0.25) is 11.8 Å². The molecule has 0 spiro atoms. The summed E-state index contributed by atoms with van der Waals surface area (Å²) >= 11 is 0. The summed E-state index contributed by atoms with van der Waals surface area (Å²) in [5.74, 6) is 2.60. The second-order valence-electron chi connectivity index (χ2n) is 7.78. The zero-order chi connectivity index (χ0) is 23.3. The third kappa shape index (κ3) is 5.08. The maximum atomic E-state index is 9.72. The molecule has 0 saturated heterocycles. The fourth-order valence-electron chi connectivity index (χ4n) is 3.68. The summed E-state index contributed by atoms with van der Waals surface area (Å²) in [5, 5.41) is 18.2. The van der Waals surface area contributed by atoms with Crippen LogP contribution in [0.3, 0.4) is 0 Å². The number of aliphatic hydroxyl groups excluding tert-OH is 1. The fraction of sp³-hybridized carbons (Fsp3) is 0.458. The minimum atomic E-state index is -0.692. The fourth-order valence-corrected chi connectivity index (χ4v) is 3.68. The molecule has 2 heterocycles. The number of ether oxygens (including phenoxy) is 1. The Balaban J connectivity index is 1.88. The summed E-state index contributed by atoms with van der Waals surface area (Å²) < 4.78 is 11.8. The summed E-state index contributed by atoms with van der Waals surface area (Å²) in [6.45, 7) is 12.4. The van der Waals surface area contributed by atoms with Gasteiger partial charge in [-0.1, -0.05) is 6.92 Å². The summed E-state index contributed by atoms with van der Waals surface area (Å²) in [4.78, 5) is 6.84. The number of rotatable bonds is 10. The molecule has 3 rings (SSSR count). The van der Waals surface area contributed by atoms with E-state index in [1.807, 2.05) is 32.0 Å². The number of aryl methyl sites for hydroxylation is 3. The van der Waals surface area contributed by atoms with E-state index in [4.69, 9.17) is 14.9 Å². The molecule has 0 fully saturated rings. The topological polar surface area (TPSA) is 111 Å². The molecule has 1 aromatic carbocycles. The summed E-state index contributed by atoms with van der Waals surface area (Å²) in [6.07, 6.45) is 1.85. The first-order valence-corrected chi connectivity index (χ1v) is 11.1. The average molecular weight is 440 g/mol. The van der Waals surface area contributed by atoms with Crippen molar-refractivity contribution < 1.29 is 14.3 Å². The van der Waals surface area contributed by atoms with Crippen molar-refractivity contribution in [3.8, 4) is 28.7 Å². The van der Waals surface area contributed by atoms with Gasteiger partial charge in [-0.3, -0.25) is 0 Å². The maximum absolute atomic E-state index is 9.72. The molecule has 1 unspecified atom stereocenters. The minimum absolute atomic E-state index is 0.157. The van der Waals surface area contributed by atoms with Crippen molar-refractivity contribution in [3.05, 3.63) is 41.1 Å². The van der Waals surface area contributed by atoms with Gasteiger partial charge in [-0.25, -0.2) is 4.98 Å². The van der Waals surface area contributed by atoms with E-state index < -0.39 is 6.10 Å². The molecular weight excluding hydrogens is 406 g/mol. The molecule has 32 heavy (non-hydrogen) atoms. The van der Waals surface area contributed by atoms with E-state index in [0.29, 0.717) is 11.8 Å². The Kier molecular flexibility index (Phi) is 7.82. The van der Waals surface area contributed by atoms with Gasteiger partial charge in [-0.15, -0.1) is 10.2 Å². The standard InChI is InChI=1S/C24H33N5O3/c1-6-17-11-18(9-15(4)21(17)31-14-20(30)12-25)23-27-28-24(32-23)19-10-16(5)22(26-13-19)29(7-2)8-3/h9-11,13,20,30H,6-8,12,14,25H2,1-5H3. The maximum Gasteiger partial charge on any atom is 0.249 e. The van der Waals surface area contributed by atoms with Crippen molar-refractivity contribution in [3.63, 3.8) is 0 Å². The van der Waals surface area contributed by atoms with Gasteiger partial charge in [0.25, 0.3) is 0 Å². The second kappa shape index (κ2) is 10.6. The van der Waals surface area contributed by atoms with Gasteiger partial charge in [0.1, 0.15) is 24.3 Å². The number of pyridine rings is 1. The number of hydrogen-bond acceptors (Lipinski definition) is 8. The first-order valence-electron chi connectivity index (χ1n) is 11.1. The summed E-state index contributed by atoms with van der Waals surface area (Å²) in [7, 11) is 0. The van der Waals surface area contributed by atoms with Crippen LogP contribution < -0.4 is 15.4 Å². The van der Waals surface area contributed by atoms with Gasteiger partial charge in [0.15, 0.2) is 0 Å². The number of aromatic nitrogens is 3. The van der Waals surface area contributed by atoms with E-state index in [-0.39, 0.29) is 13.2 Å². The van der Waals surface area contributed by atoms with Crippen LogP contribution in [0.5, 0.6) is 5.75 Å².